The van der Waals surface area contributed by atoms with Gasteiger partial charge in [0.1, 0.15) is 12.4 Å². The van der Waals surface area contributed by atoms with Crippen LogP contribution < -0.4 is 10.1 Å². The zero-order valence-corrected chi connectivity index (χ0v) is 14.2. The highest BCUT2D eigenvalue weighted by molar-refractivity contribution is 14.1. The van der Waals surface area contributed by atoms with Crippen LogP contribution in [0.3, 0.4) is 0 Å². The lowest BCUT2D eigenvalue weighted by Crippen LogP contribution is -2.30. The second kappa shape index (κ2) is 9.19. The Labute approximate surface area is 142 Å². The third-order valence-corrected chi connectivity index (χ3v) is 3.06. The fourth-order valence-electron chi connectivity index (χ4n) is 1.42. The van der Waals surface area contributed by atoms with Gasteiger partial charge in [0.15, 0.2) is 5.78 Å². The van der Waals surface area contributed by atoms with Crippen molar-refractivity contribution >= 4 is 40.4 Å². The first-order valence-corrected chi connectivity index (χ1v) is 7.72. The lowest BCUT2D eigenvalue weighted by molar-refractivity contribution is -0.137. The number of alkyl halides is 1. The van der Waals surface area contributed by atoms with Crippen molar-refractivity contribution in [3.8, 4) is 5.75 Å². The molecule has 1 atom stereocenters. The van der Waals surface area contributed by atoms with Crippen LogP contribution in [-0.2, 0) is 9.53 Å². The van der Waals surface area contributed by atoms with Gasteiger partial charge in [-0.05, 0) is 31.2 Å². The third kappa shape index (κ3) is 6.25. The summed E-state index contributed by atoms with van der Waals surface area (Å²) in [6, 6.07) is 6.30. The summed E-state index contributed by atoms with van der Waals surface area (Å²) in [5.41, 5.74) is 0.561. The fraction of sp³-hybridized carbons (Fsp3) is 0.267. The van der Waals surface area contributed by atoms with E-state index in [1.807, 2.05) is 22.6 Å². The summed E-state index contributed by atoms with van der Waals surface area (Å²) in [5, 5.41) is 2.43. The van der Waals surface area contributed by atoms with Gasteiger partial charge in [-0.3, -0.25) is 4.79 Å². The van der Waals surface area contributed by atoms with Crippen molar-refractivity contribution in [2.75, 3.05) is 13.2 Å². The molecule has 0 fully saturated rings. The van der Waals surface area contributed by atoms with E-state index in [2.05, 4.69) is 11.9 Å². The summed E-state index contributed by atoms with van der Waals surface area (Å²) in [6.45, 7) is 5.21. The zero-order chi connectivity index (χ0) is 16.5. The molecule has 0 aliphatic heterocycles. The van der Waals surface area contributed by atoms with Gasteiger partial charge in [-0.15, -0.1) is 0 Å². The molecule has 0 radical (unpaired) electrons. The maximum atomic E-state index is 11.8. The minimum atomic E-state index is -0.670. The number of esters is 1. The maximum Gasteiger partial charge on any atom is 0.412 e. The highest BCUT2D eigenvalue weighted by Gasteiger charge is 2.12. The van der Waals surface area contributed by atoms with Crippen molar-refractivity contribution in [3.63, 3.8) is 0 Å². The zero-order valence-electron chi connectivity index (χ0n) is 12.0. The number of ether oxygens (including phenoxy) is 2. The molecule has 6 nitrogen and oxygen atoms in total. The Morgan fingerprint density at radius 3 is 2.50 bits per heavy atom. The van der Waals surface area contributed by atoms with E-state index in [0.29, 0.717) is 11.3 Å². The molecule has 0 saturated heterocycles. The highest BCUT2D eigenvalue weighted by atomic mass is 127. The van der Waals surface area contributed by atoms with Crippen molar-refractivity contribution in [2.24, 2.45) is 0 Å². The van der Waals surface area contributed by atoms with E-state index >= 15 is 0 Å². The number of amides is 1. The quantitative estimate of drug-likeness (QED) is 0.184. The van der Waals surface area contributed by atoms with E-state index in [1.54, 1.807) is 31.2 Å². The number of carbonyl (C=O) groups is 3. The van der Waals surface area contributed by atoms with Gasteiger partial charge >= 0.3 is 12.1 Å². The van der Waals surface area contributed by atoms with Gasteiger partial charge in [0.25, 0.3) is 0 Å². The number of halogens is 1. The van der Waals surface area contributed by atoms with Crippen LogP contribution >= 0.6 is 22.6 Å². The molecule has 1 aromatic carbocycles. The average molecular weight is 417 g/mol. The Morgan fingerprint density at radius 2 is 1.95 bits per heavy atom. The Hall–Kier alpha value is -1.90. The molecule has 0 aliphatic rings. The summed E-state index contributed by atoms with van der Waals surface area (Å²) in [6.07, 6.45) is 0.369. The molecule has 0 heterocycles. The molecular formula is C15H16INO5. The monoisotopic (exact) mass is 417 g/mol. The molecular weight excluding hydrogens is 401 g/mol. The molecule has 22 heavy (non-hydrogen) atoms. The predicted molar refractivity (Wildman–Crippen MR) is 89.4 cm³/mol. The van der Waals surface area contributed by atoms with Crippen molar-refractivity contribution in [2.45, 2.75) is 10.8 Å². The largest absolute Gasteiger partial charge is 0.461 e. The van der Waals surface area contributed by atoms with Crippen LogP contribution in [0.25, 0.3) is 0 Å². The van der Waals surface area contributed by atoms with Crippen molar-refractivity contribution < 1.29 is 23.9 Å². The SMILES string of the molecule is C=CC(=O)OCCNC(=O)Oc1ccc(C(=O)C(C)I)cc1. The molecule has 7 heteroatoms. The molecule has 1 aromatic rings. The molecule has 1 amide bonds. The van der Waals surface area contributed by atoms with E-state index in [-0.39, 0.29) is 22.9 Å². The molecule has 118 valence electrons. The Morgan fingerprint density at radius 1 is 1.32 bits per heavy atom. The highest BCUT2D eigenvalue weighted by Crippen LogP contribution is 2.15. The number of carbonyl (C=O) groups excluding carboxylic acids is 3. The smallest absolute Gasteiger partial charge is 0.412 e. The fourth-order valence-corrected chi connectivity index (χ4v) is 1.78. The number of hydrogen-bond donors (Lipinski definition) is 1. The van der Waals surface area contributed by atoms with E-state index in [9.17, 15) is 14.4 Å². The Kier molecular flexibility index (Phi) is 7.58. The topological polar surface area (TPSA) is 81.7 Å². The van der Waals surface area contributed by atoms with Crippen molar-refractivity contribution in [3.05, 3.63) is 42.5 Å². The molecule has 0 bridgehead atoms. The minimum absolute atomic E-state index is 0.0145. The van der Waals surface area contributed by atoms with Gasteiger partial charge in [0.05, 0.1) is 10.5 Å². The summed E-state index contributed by atoms with van der Waals surface area (Å²) >= 11 is 2.04. The van der Waals surface area contributed by atoms with Crippen LogP contribution in [0, 0.1) is 0 Å². The standard InChI is InChI=1S/C15H16INO5/c1-3-13(18)21-9-8-17-15(20)22-12-6-4-11(5-7-12)14(19)10(2)16/h3-7,10H,1,8-9H2,2H3,(H,17,20). The summed E-state index contributed by atoms with van der Waals surface area (Å²) in [5.74, 6) is -0.223. The second-order valence-electron chi connectivity index (χ2n) is 4.19. The number of rotatable bonds is 7. The maximum absolute atomic E-state index is 11.8. The molecule has 0 saturated carbocycles. The molecule has 0 spiro atoms. The van der Waals surface area contributed by atoms with Crippen LogP contribution in [0.15, 0.2) is 36.9 Å². The lowest BCUT2D eigenvalue weighted by Gasteiger charge is -2.08. The van der Waals surface area contributed by atoms with Gasteiger partial charge < -0.3 is 14.8 Å². The lowest BCUT2D eigenvalue weighted by atomic mass is 10.1. The summed E-state index contributed by atoms with van der Waals surface area (Å²) in [4.78, 5) is 34.0. The van der Waals surface area contributed by atoms with Crippen LogP contribution in [0.1, 0.15) is 17.3 Å². The molecule has 0 aromatic heterocycles. The minimum Gasteiger partial charge on any atom is -0.461 e. The first kappa shape index (κ1) is 18.1. The first-order chi connectivity index (χ1) is 10.4. The van der Waals surface area contributed by atoms with E-state index < -0.39 is 12.1 Å². The predicted octanol–water partition coefficient (Wildman–Crippen LogP) is 2.51. The number of Topliss-reactive ketones (excluding diaryl/α,β-unsaturated/α-hetero) is 1. The number of ketones is 1. The van der Waals surface area contributed by atoms with Crippen molar-refractivity contribution in [1.29, 1.82) is 0 Å². The Bertz CT molecular complexity index is 554. The van der Waals surface area contributed by atoms with Crippen LogP contribution in [0.5, 0.6) is 5.75 Å². The summed E-state index contributed by atoms with van der Waals surface area (Å²) in [7, 11) is 0. The van der Waals surface area contributed by atoms with Crippen LogP contribution in [-0.4, -0.2) is 34.9 Å². The molecule has 1 unspecified atom stereocenters. The van der Waals surface area contributed by atoms with Gasteiger partial charge in [0.2, 0.25) is 0 Å². The second-order valence-corrected chi connectivity index (χ2v) is 6.06. The van der Waals surface area contributed by atoms with Crippen molar-refractivity contribution in [1.82, 2.24) is 5.32 Å². The molecule has 0 aliphatic carbocycles. The van der Waals surface area contributed by atoms with Gasteiger partial charge in [-0.25, -0.2) is 9.59 Å². The first-order valence-electron chi connectivity index (χ1n) is 6.47. The number of nitrogens with one attached hydrogen (secondary N) is 1. The average Bonchev–Trinajstić information content (AvgIpc) is 2.51. The van der Waals surface area contributed by atoms with Gasteiger partial charge in [-0.2, -0.15) is 0 Å². The molecule has 1 rings (SSSR count). The van der Waals surface area contributed by atoms with Crippen LogP contribution in [0.2, 0.25) is 0 Å². The normalized spacial score (nSPS) is 11.2. The summed E-state index contributed by atoms with van der Waals surface area (Å²) < 4.78 is 9.59. The van der Waals surface area contributed by atoms with E-state index in [4.69, 9.17) is 9.47 Å². The van der Waals surface area contributed by atoms with Gasteiger partial charge in [0, 0.05) is 11.6 Å². The van der Waals surface area contributed by atoms with Gasteiger partial charge in [-0.1, -0.05) is 29.2 Å². The molecule has 1 N–H and O–H groups in total. The van der Waals surface area contributed by atoms with E-state index in [1.165, 1.54) is 0 Å². The van der Waals surface area contributed by atoms with Crippen LogP contribution in [0.4, 0.5) is 4.79 Å². The number of hydrogen-bond acceptors (Lipinski definition) is 5. The van der Waals surface area contributed by atoms with E-state index in [0.717, 1.165) is 6.08 Å². The Balaban J connectivity index is 2.40. The number of benzene rings is 1. The third-order valence-electron chi connectivity index (χ3n) is 2.49.